The Balaban J connectivity index is 2.95. The summed E-state index contributed by atoms with van der Waals surface area (Å²) in [5.74, 6) is -1.47. The van der Waals surface area contributed by atoms with Crippen molar-refractivity contribution in [1.82, 2.24) is 4.90 Å². The minimum absolute atomic E-state index is 0.00364. The lowest BCUT2D eigenvalue weighted by Gasteiger charge is -2.27. The number of nitrogens with zero attached hydrogens (tertiary/aromatic N) is 1. The second-order valence-electron chi connectivity index (χ2n) is 6.51. The minimum atomic E-state index is -0.629. The van der Waals surface area contributed by atoms with Gasteiger partial charge in [-0.1, -0.05) is 17.7 Å². The number of ether oxygens (including phenoxy) is 2. The molecule has 0 aliphatic heterocycles. The fourth-order valence-electron chi connectivity index (χ4n) is 2.08. The highest BCUT2D eigenvalue weighted by Gasteiger charge is 2.25. The number of benzene rings is 1. The van der Waals surface area contributed by atoms with Crippen LogP contribution in [0.2, 0.25) is 5.02 Å². The van der Waals surface area contributed by atoms with Gasteiger partial charge in [-0.05, 0) is 38.5 Å². The van der Waals surface area contributed by atoms with E-state index >= 15 is 0 Å². The number of methoxy groups -OCH3 is 1. The number of carbonyl (C=O) groups excluding carboxylic acids is 2. The normalized spacial score (nSPS) is 12.5. The van der Waals surface area contributed by atoms with Gasteiger partial charge in [0.15, 0.2) is 0 Å². The fourth-order valence-corrected chi connectivity index (χ4v) is 2.20. The second-order valence-corrected chi connectivity index (χ2v) is 6.92. The molecule has 1 atom stereocenters. The maximum Gasteiger partial charge on any atom is 0.410 e. The van der Waals surface area contributed by atoms with Gasteiger partial charge in [-0.2, -0.15) is 0 Å². The minimum Gasteiger partial charge on any atom is -0.469 e. The van der Waals surface area contributed by atoms with Crippen molar-refractivity contribution in [3.05, 3.63) is 34.6 Å². The summed E-state index contributed by atoms with van der Waals surface area (Å²) in [6.07, 6.45) is -0.517. The number of carbonyl (C=O) groups is 2. The quantitative estimate of drug-likeness (QED) is 0.746. The Morgan fingerprint density at radius 2 is 1.96 bits per heavy atom. The van der Waals surface area contributed by atoms with Crippen molar-refractivity contribution in [1.29, 1.82) is 0 Å². The third kappa shape index (κ3) is 6.35. The second kappa shape index (κ2) is 8.33. The van der Waals surface area contributed by atoms with Gasteiger partial charge in [-0.15, -0.1) is 0 Å². The van der Waals surface area contributed by atoms with Gasteiger partial charge < -0.3 is 14.4 Å². The molecule has 5 nitrogen and oxygen atoms in total. The summed E-state index contributed by atoms with van der Waals surface area (Å²) in [5.41, 5.74) is -0.0760. The molecule has 0 aliphatic carbocycles. The van der Waals surface area contributed by atoms with Gasteiger partial charge in [0.05, 0.1) is 18.6 Å². The molecule has 0 heterocycles. The predicted octanol–water partition coefficient (Wildman–Crippen LogP) is 3.99. The topological polar surface area (TPSA) is 55.8 Å². The maximum absolute atomic E-state index is 13.7. The number of esters is 1. The smallest absolute Gasteiger partial charge is 0.410 e. The highest BCUT2D eigenvalue weighted by molar-refractivity contribution is 6.30. The van der Waals surface area contributed by atoms with E-state index in [0.717, 1.165) is 0 Å². The van der Waals surface area contributed by atoms with Crippen LogP contribution >= 0.6 is 11.6 Å². The van der Waals surface area contributed by atoms with Gasteiger partial charge in [-0.3, -0.25) is 4.79 Å². The lowest BCUT2D eigenvalue weighted by Crippen LogP contribution is -2.37. The lowest BCUT2D eigenvalue weighted by atomic mass is 9.95. The molecule has 0 radical (unpaired) electrons. The number of rotatable bonds is 5. The van der Waals surface area contributed by atoms with Crippen LogP contribution in [0.5, 0.6) is 0 Å². The van der Waals surface area contributed by atoms with E-state index < -0.39 is 29.4 Å². The third-order valence-corrected chi connectivity index (χ3v) is 3.56. The van der Waals surface area contributed by atoms with Crippen LogP contribution in [0.1, 0.15) is 38.7 Å². The number of likely N-dealkylation sites (N-methyl/N-ethyl adjacent to an activating group) is 1. The molecule has 0 spiro atoms. The highest BCUT2D eigenvalue weighted by Crippen LogP contribution is 2.26. The molecule has 0 aliphatic rings. The molecule has 0 bridgehead atoms. The van der Waals surface area contributed by atoms with Crippen LogP contribution < -0.4 is 0 Å². The summed E-state index contributed by atoms with van der Waals surface area (Å²) >= 11 is 5.70. The molecule has 1 unspecified atom stereocenters. The molecule has 24 heavy (non-hydrogen) atoms. The van der Waals surface area contributed by atoms with Gasteiger partial charge in [0.2, 0.25) is 0 Å². The zero-order chi connectivity index (χ0) is 18.5. The van der Waals surface area contributed by atoms with Crippen LogP contribution in [0.3, 0.4) is 0 Å². The van der Waals surface area contributed by atoms with Crippen molar-refractivity contribution in [2.24, 2.45) is 0 Å². The Morgan fingerprint density at radius 3 is 2.46 bits per heavy atom. The number of hydrogen-bond acceptors (Lipinski definition) is 4. The van der Waals surface area contributed by atoms with Gasteiger partial charge in [0, 0.05) is 19.5 Å². The van der Waals surface area contributed by atoms with Gasteiger partial charge >= 0.3 is 12.1 Å². The molecule has 7 heteroatoms. The Bertz CT molecular complexity index is 601. The summed E-state index contributed by atoms with van der Waals surface area (Å²) in [7, 11) is 2.84. The Morgan fingerprint density at radius 1 is 1.33 bits per heavy atom. The molecule has 0 aromatic heterocycles. The monoisotopic (exact) mass is 359 g/mol. The van der Waals surface area contributed by atoms with Crippen molar-refractivity contribution in [2.45, 2.75) is 38.7 Å². The third-order valence-electron chi connectivity index (χ3n) is 3.26. The maximum atomic E-state index is 13.7. The van der Waals surface area contributed by atoms with Crippen molar-refractivity contribution in [3.63, 3.8) is 0 Å². The fraction of sp³-hybridized carbons (Fsp3) is 0.529. The number of halogens is 2. The summed E-state index contributed by atoms with van der Waals surface area (Å²) in [6, 6.07) is 4.31. The zero-order valence-corrected chi connectivity index (χ0v) is 15.3. The molecule has 134 valence electrons. The largest absolute Gasteiger partial charge is 0.469 e. The van der Waals surface area contributed by atoms with E-state index in [-0.39, 0.29) is 18.0 Å². The molecule has 0 saturated heterocycles. The Labute approximate surface area is 146 Å². The van der Waals surface area contributed by atoms with Crippen LogP contribution in [0.15, 0.2) is 18.2 Å². The summed E-state index contributed by atoms with van der Waals surface area (Å²) in [6.45, 7) is 5.46. The first-order valence-corrected chi connectivity index (χ1v) is 7.87. The zero-order valence-electron chi connectivity index (χ0n) is 14.6. The van der Waals surface area contributed by atoms with Crippen LogP contribution in [0.25, 0.3) is 0 Å². The summed E-state index contributed by atoms with van der Waals surface area (Å²) in [5, 5.41) is -0.00364. The van der Waals surface area contributed by atoms with E-state index in [1.54, 1.807) is 33.9 Å². The number of hydrogen-bond donors (Lipinski definition) is 0. The van der Waals surface area contributed by atoms with E-state index in [1.807, 2.05) is 0 Å². The van der Waals surface area contributed by atoms with E-state index in [0.29, 0.717) is 5.56 Å². The average molecular weight is 360 g/mol. The van der Waals surface area contributed by atoms with Crippen molar-refractivity contribution < 1.29 is 23.5 Å². The molecule has 1 aromatic carbocycles. The van der Waals surface area contributed by atoms with Crippen molar-refractivity contribution in [2.75, 3.05) is 20.7 Å². The molecule has 1 rings (SSSR count). The summed E-state index contributed by atoms with van der Waals surface area (Å²) in [4.78, 5) is 25.1. The molecule has 1 aromatic rings. The van der Waals surface area contributed by atoms with E-state index in [1.165, 1.54) is 24.1 Å². The SMILES string of the molecule is COC(=O)CC(CN(C)C(=O)OC(C)(C)C)c1ccc(Cl)c(F)c1. The first kappa shape index (κ1) is 20.2. The van der Waals surface area contributed by atoms with Crippen molar-refractivity contribution in [3.8, 4) is 0 Å². The molecule has 1 amide bonds. The molecule has 0 saturated carbocycles. The van der Waals surface area contributed by atoms with Crippen molar-refractivity contribution >= 4 is 23.7 Å². The lowest BCUT2D eigenvalue weighted by molar-refractivity contribution is -0.141. The van der Waals surface area contributed by atoms with Crippen LogP contribution in [-0.4, -0.2) is 43.3 Å². The first-order chi connectivity index (χ1) is 11.0. The van der Waals surface area contributed by atoms with Gasteiger partial charge in [0.1, 0.15) is 11.4 Å². The molecule has 0 N–H and O–H groups in total. The van der Waals surface area contributed by atoms with Gasteiger partial charge in [0.25, 0.3) is 0 Å². The Kier molecular flexibility index (Phi) is 7.02. The molecule has 0 fully saturated rings. The average Bonchev–Trinajstić information content (AvgIpc) is 2.47. The number of amides is 1. The summed E-state index contributed by atoms with van der Waals surface area (Å²) < 4.78 is 23.7. The highest BCUT2D eigenvalue weighted by atomic mass is 35.5. The van der Waals surface area contributed by atoms with Crippen LogP contribution in [0, 0.1) is 5.82 Å². The van der Waals surface area contributed by atoms with Crippen LogP contribution in [-0.2, 0) is 14.3 Å². The Hall–Kier alpha value is -1.82. The van der Waals surface area contributed by atoms with Gasteiger partial charge in [-0.25, -0.2) is 9.18 Å². The molecular formula is C17H23ClFNO4. The molecular weight excluding hydrogens is 337 g/mol. The standard InChI is InChI=1S/C17H23ClFNO4/c1-17(2,3)24-16(22)20(4)10-12(9-15(21)23-5)11-6-7-13(18)14(19)8-11/h6-8,12H,9-10H2,1-5H3. The van der Waals surface area contributed by atoms with E-state index in [4.69, 9.17) is 16.3 Å². The van der Waals surface area contributed by atoms with E-state index in [9.17, 15) is 14.0 Å². The van der Waals surface area contributed by atoms with E-state index in [2.05, 4.69) is 4.74 Å². The first-order valence-electron chi connectivity index (χ1n) is 7.49. The predicted molar refractivity (Wildman–Crippen MR) is 89.6 cm³/mol. The van der Waals surface area contributed by atoms with Crippen LogP contribution in [0.4, 0.5) is 9.18 Å².